The lowest BCUT2D eigenvalue weighted by Gasteiger charge is -2.32. The zero-order valence-corrected chi connectivity index (χ0v) is 14.4. The van der Waals surface area contributed by atoms with Gasteiger partial charge in [-0.25, -0.2) is 0 Å². The number of Topliss-reactive ketones (excluding diaryl/α,β-unsaturated/α-hetero) is 1. The van der Waals surface area contributed by atoms with Gasteiger partial charge in [-0.05, 0) is 38.1 Å². The first-order chi connectivity index (χ1) is 9.75. The standard InChI is InChI=1S/C17H33N3O/c1-6-8-14(18)11-19-16(17(3,4)5)15(21)12-20-10-7-9-13(20)2/h11,13,16,19H,6-10,12,18H2,1-5H3/b14-11-. The molecule has 3 N–H and O–H groups in total. The van der Waals surface area contributed by atoms with Gasteiger partial charge in [-0.15, -0.1) is 0 Å². The topological polar surface area (TPSA) is 58.4 Å². The van der Waals surface area contributed by atoms with Gasteiger partial charge in [-0.3, -0.25) is 9.69 Å². The Bertz CT molecular complexity index is 371. The predicted octanol–water partition coefficient (Wildman–Crippen LogP) is 2.64. The van der Waals surface area contributed by atoms with Crippen molar-refractivity contribution < 1.29 is 4.79 Å². The molecule has 2 atom stereocenters. The second-order valence-electron chi connectivity index (χ2n) is 7.36. The van der Waals surface area contributed by atoms with Crippen molar-refractivity contribution in [2.75, 3.05) is 13.1 Å². The number of ketones is 1. The summed E-state index contributed by atoms with van der Waals surface area (Å²) in [6.45, 7) is 12.2. The van der Waals surface area contributed by atoms with Crippen LogP contribution < -0.4 is 11.1 Å². The van der Waals surface area contributed by atoms with Crippen molar-refractivity contribution >= 4 is 5.78 Å². The molecule has 0 saturated carbocycles. The third kappa shape index (κ3) is 5.70. The van der Waals surface area contributed by atoms with Crippen molar-refractivity contribution in [2.24, 2.45) is 11.1 Å². The van der Waals surface area contributed by atoms with Gasteiger partial charge in [0.2, 0.25) is 0 Å². The number of likely N-dealkylation sites (tertiary alicyclic amines) is 1. The highest BCUT2D eigenvalue weighted by molar-refractivity contribution is 5.86. The lowest BCUT2D eigenvalue weighted by Crippen LogP contribution is -2.49. The summed E-state index contributed by atoms with van der Waals surface area (Å²) in [4.78, 5) is 15.0. The van der Waals surface area contributed by atoms with E-state index in [0.717, 1.165) is 25.1 Å². The number of carbonyl (C=O) groups is 1. The van der Waals surface area contributed by atoms with Crippen LogP contribution in [0.15, 0.2) is 11.9 Å². The molecule has 0 bridgehead atoms. The average molecular weight is 295 g/mol. The van der Waals surface area contributed by atoms with Gasteiger partial charge in [0.1, 0.15) is 0 Å². The average Bonchev–Trinajstić information content (AvgIpc) is 2.74. The molecular weight excluding hydrogens is 262 g/mol. The molecule has 21 heavy (non-hydrogen) atoms. The first kappa shape index (κ1) is 18.0. The Labute approximate surface area is 130 Å². The lowest BCUT2D eigenvalue weighted by molar-refractivity contribution is -0.124. The Morgan fingerprint density at radius 2 is 2.14 bits per heavy atom. The smallest absolute Gasteiger partial charge is 0.169 e. The first-order valence-electron chi connectivity index (χ1n) is 8.23. The van der Waals surface area contributed by atoms with Crippen LogP contribution in [0.4, 0.5) is 0 Å². The number of carbonyl (C=O) groups excluding carboxylic acids is 1. The molecule has 0 aromatic carbocycles. The molecule has 0 aromatic rings. The number of rotatable bonds is 7. The van der Waals surface area contributed by atoms with Crippen LogP contribution in [0, 0.1) is 5.41 Å². The minimum atomic E-state index is -0.194. The largest absolute Gasteiger partial charge is 0.401 e. The van der Waals surface area contributed by atoms with E-state index in [2.05, 4.69) is 44.8 Å². The summed E-state index contributed by atoms with van der Waals surface area (Å²) in [5, 5.41) is 3.27. The Hall–Kier alpha value is -1.03. The van der Waals surface area contributed by atoms with Crippen LogP contribution in [-0.2, 0) is 4.79 Å². The van der Waals surface area contributed by atoms with Crippen LogP contribution in [0.25, 0.3) is 0 Å². The van der Waals surface area contributed by atoms with Crippen LogP contribution in [0.5, 0.6) is 0 Å². The highest BCUT2D eigenvalue weighted by atomic mass is 16.1. The number of nitrogens with two attached hydrogens (primary N) is 1. The Morgan fingerprint density at radius 3 is 2.62 bits per heavy atom. The summed E-state index contributed by atoms with van der Waals surface area (Å²) in [5.74, 6) is 0.261. The number of hydrogen-bond acceptors (Lipinski definition) is 4. The zero-order chi connectivity index (χ0) is 16.0. The van der Waals surface area contributed by atoms with Crippen LogP contribution in [0.1, 0.15) is 60.3 Å². The minimum Gasteiger partial charge on any atom is -0.401 e. The highest BCUT2D eigenvalue weighted by Gasteiger charge is 2.33. The third-order valence-electron chi connectivity index (χ3n) is 4.21. The molecule has 1 aliphatic rings. The second-order valence-corrected chi connectivity index (χ2v) is 7.36. The summed E-state index contributed by atoms with van der Waals surface area (Å²) in [6.07, 6.45) is 6.10. The van der Waals surface area contributed by atoms with Crippen LogP contribution in [-0.4, -0.2) is 35.9 Å². The van der Waals surface area contributed by atoms with E-state index in [4.69, 9.17) is 5.73 Å². The van der Waals surface area contributed by atoms with Crippen molar-refractivity contribution in [3.05, 3.63) is 11.9 Å². The summed E-state index contributed by atoms with van der Waals surface area (Å²) >= 11 is 0. The number of nitrogens with one attached hydrogen (secondary N) is 1. The highest BCUT2D eigenvalue weighted by Crippen LogP contribution is 2.22. The monoisotopic (exact) mass is 295 g/mol. The van der Waals surface area contributed by atoms with Gasteiger partial charge in [0.25, 0.3) is 0 Å². The fourth-order valence-electron chi connectivity index (χ4n) is 2.90. The van der Waals surface area contributed by atoms with E-state index in [1.165, 1.54) is 12.8 Å². The fourth-order valence-corrected chi connectivity index (χ4v) is 2.90. The Balaban J connectivity index is 2.68. The van der Waals surface area contributed by atoms with E-state index >= 15 is 0 Å². The maximum Gasteiger partial charge on any atom is 0.169 e. The van der Waals surface area contributed by atoms with Gasteiger partial charge >= 0.3 is 0 Å². The normalized spacial score (nSPS) is 22.3. The second kappa shape index (κ2) is 7.83. The van der Waals surface area contributed by atoms with E-state index in [0.29, 0.717) is 12.6 Å². The van der Waals surface area contributed by atoms with E-state index in [1.54, 1.807) is 0 Å². The number of nitrogens with zero attached hydrogens (tertiary/aromatic N) is 1. The van der Waals surface area contributed by atoms with Gasteiger partial charge in [0, 0.05) is 17.9 Å². The number of allylic oxidation sites excluding steroid dienone is 1. The maximum atomic E-state index is 12.7. The molecule has 1 fully saturated rings. The quantitative estimate of drug-likeness (QED) is 0.758. The molecule has 122 valence electrons. The lowest BCUT2D eigenvalue weighted by atomic mass is 9.84. The molecular formula is C17H33N3O. The molecule has 2 unspecified atom stereocenters. The van der Waals surface area contributed by atoms with Gasteiger partial charge in [-0.1, -0.05) is 34.1 Å². The Kier molecular flexibility index (Phi) is 6.72. The van der Waals surface area contributed by atoms with E-state index in [9.17, 15) is 4.79 Å². The third-order valence-corrected chi connectivity index (χ3v) is 4.21. The zero-order valence-electron chi connectivity index (χ0n) is 14.4. The van der Waals surface area contributed by atoms with Crippen LogP contribution in [0.3, 0.4) is 0 Å². The Morgan fingerprint density at radius 1 is 1.48 bits per heavy atom. The van der Waals surface area contributed by atoms with Gasteiger partial charge in [0.05, 0.1) is 12.6 Å². The van der Waals surface area contributed by atoms with Crippen molar-refractivity contribution in [1.82, 2.24) is 10.2 Å². The summed E-state index contributed by atoms with van der Waals surface area (Å²) in [5.41, 5.74) is 6.63. The summed E-state index contributed by atoms with van der Waals surface area (Å²) in [7, 11) is 0. The molecule has 1 rings (SSSR count). The van der Waals surface area contributed by atoms with E-state index in [1.807, 2.05) is 6.20 Å². The van der Waals surface area contributed by atoms with Gasteiger partial charge in [-0.2, -0.15) is 0 Å². The molecule has 1 saturated heterocycles. The molecule has 0 radical (unpaired) electrons. The first-order valence-corrected chi connectivity index (χ1v) is 8.23. The predicted molar refractivity (Wildman–Crippen MR) is 88.8 cm³/mol. The minimum absolute atomic E-state index is 0.122. The summed E-state index contributed by atoms with van der Waals surface area (Å²) < 4.78 is 0. The SMILES string of the molecule is CCC/C(N)=C/NC(C(=O)CN1CCCC1C)C(C)(C)C. The summed E-state index contributed by atoms with van der Waals surface area (Å²) in [6, 6.07) is 0.330. The van der Waals surface area contributed by atoms with Crippen molar-refractivity contribution in [2.45, 2.75) is 72.4 Å². The van der Waals surface area contributed by atoms with Crippen LogP contribution >= 0.6 is 0 Å². The molecule has 0 aromatic heterocycles. The van der Waals surface area contributed by atoms with E-state index in [-0.39, 0.29) is 17.2 Å². The molecule has 4 heteroatoms. The fraction of sp³-hybridized carbons (Fsp3) is 0.824. The molecule has 4 nitrogen and oxygen atoms in total. The molecule has 0 aliphatic carbocycles. The van der Waals surface area contributed by atoms with Crippen molar-refractivity contribution in [1.29, 1.82) is 0 Å². The van der Waals surface area contributed by atoms with Crippen molar-refractivity contribution in [3.63, 3.8) is 0 Å². The van der Waals surface area contributed by atoms with Gasteiger partial charge in [0.15, 0.2) is 5.78 Å². The van der Waals surface area contributed by atoms with Crippen LogP contribution in [0.2, 0.25) is 0 Å². The van der Waals surface area contributed by atoms with E-state index < -0.39 is 0 Å². The molecule has 1 aliphatic heterocycles. The molecule has 0 spiro atoms. The molecule has 1 heterocycles. The molecule has 0 amide bonds. The van der Waals surface area contributed by atoms with Gasteiger partial charge < -0.3 is 11.1 Å². The number of hydrogen-bond donors (Lipinski definition) is 2. The van der Waals surface area contributed by atoms with Crippen molar-refractivity contribution in [3.8, 4) is 0 Å². The maximum absolute atomic E-state index is 12.7.